The molecule has 1 N–H and O–H groups in total. The van der Waals surface area contributed by atoms with Gasteiger partial charge in [0.2, 0.25) is 0 Å². The lowest BCUT2D eigenvalue weighted by Crippen LogP contribution is -2.16. The van der Waals surface area contributed by atoms with Gasteiger partial charge < -0.3 is 0 Å². The first-order chi connectivity index (χ1) is 11.0. The summed E-state index contributed by atoms with van der Waals surface area (Å²) in [6.45, 7) is 0. The summed E-state index contributed by atoms with van der Waals surface area (Å²) in [7, 11) is -4.06. The zero-order chi connectivity index (χ0) is 16.4. The van der Waals surface area contributed by atoms with Crippen LogP contribution in [0.3, 0.4) is 0 Å². The Kier molecular flexibility index (Phi) is 4.16. The average molecular weight is 371 g/mol. The Morgan fingerprint density at radius 1 is 1.00 bits per heavy atom. The molecule has 118 valence electrons. The number of hydrogen-bond acceptors (Lipinski definition) is 6. The van der Waals surface area contributed by atoms with E-state index in [1.165, 1.54) is 30.9 Å². The lowest BCUT2D eigenvalue weighted by atomic mass is 10.3. The summed E-state index contributed by atoms with van der Waals surface area (Å²) >= 11 is 11.9. The average Bonchev–Trinajstić information content (AvgIpc) is 3.03. The van der Waals surface area contributed by atoms with Gasteiger partial charge >= 0.3 is 0 Å². The van der Waals surface area contributed by atoms with Gasteiger partial charge in [0, 0.05) is 12.4 Å². The topological polar surface area (TPSA) is 103 Å². The summed E-state index contributed by atoms with van der Waals surface area (Å²) in [6.07, 6.45) is 4.19. The van der Waals surface area contributed by atoms with Crippen LogP contribution in [0.25, 0.3) is 5.95 Å². The molecular weight excluding hydrogens is 363 g/mol. The molecule has 0 unspecified atom stereocenters. The molecule has 0 spiro atoms. The Bertz CT molecular complexity index is 925. The van der Waals surface area contributed by atoms with Crippen LogP contribution in [0.4, 0.5) is 5.69 Å². The van der Waals surface area contributed by atoms with Crippen LogP contribution in [-0.4, -0.2) is 33.2 Å². The number of nitrogens with zero attached hydrogens (tertiary/aromatic N) is 5. The zero-order valence-corrected chi connectivity index (χ0v) is 13.6. The molecule has 0 saturated carbocycles. The van der Waals surface area contributed by atoms with E-state index >= 15 is 0 Å². The third-order valence-electron chi connectivity index (χ3n) is 2.67. The molecule has 2 heterocycles. The van der Waals surface area contributed by atoms with E-state index in [0.29, 0.717) is 0 Å². The quantitative estimate of drug-likeness (QED) is 0.754. The molecule has 23 heavy (non-hydrogen) atoms. The molecule has 1 aromatic carbocycles. The van der Waals surface area contributed by atoms with Crippen molar-refractivity contribution in [2.75, 3.05) is 4.72 Å². The van der Waals surface area contributed by atoms with Crippen molar-refractivity contribution in [3.8, 4) is 5.95 Å². The first-order valence-corrected chi connectivity index (χ1v) is 8.37. The lowest BCUT2D eigenvalue weighted by Gasteiger charge is -2.08. The molecule has 0 saturated heterocycles. The summed E-state index contributed by atoms with van der Waals surface area (Å²) < 4.78 is 28.1. The number of sulfonamides is 1. The van der Waals surface area contributed by atoms with Gasteiger partial charge in [0.1, 0.15) is 6.33 Å². The van der Waals surface area contributed by atoms with E-state index in [4.69, 9.17) is 23.2 Å². The molecule has 0 aliphatic heterocycles. The summed E-state index contributed by atoms with van der Waals surface area (Å²) in [4.78, 5) is 11.7. The standard InChI is InChI=1S/C12H8Cl2N6O2S/c13-8-3-1-4-9(14)10(8)19-23(21,22)12-17-7-20(18-12)11-15-5-2-6-16-11/h1-7,19H. The fourth-order valence-corrected chi connectivity index (χ4v) is 3.22. The van der Waals surface area contributed by atoms with Gasteiger partial charge in [-0.15, -0.1) is 5.10 Å². The maximum absolute atomic E-state index is 12.3. The Morgan fingerprint density at radius 2 is 1.65 bits per heavy atom. The van der Waals surface area contributed by atoms with Crippen molar-refractivity contribution in [1.29, 1.82) is 0 Å². The lowest BCUT2D eigenvalue weighted by molar-refractivity contribution is 0.591. The van der Waals surface area contributed by atoms with Gasteiger partial charge in [0.15, 0.2) is 0 Å². The molecule has 0 bridgehead atoms. The summed E-state index contributed by atoms with van der Waals surface area (Å²) in [6, 6.07) is 6.24. The molecule has 3 rings (SSSR count). The predicted octanol–water partition coefficient (Wildman–Crippen LogP) is 2.16. The Balaban J connectivity index is 1.94. The fourth-order valence-electron chi connectivity index (χ4n) is 1.65. The highest BCUT2D eigenvalue weighted by atomic mass is 35.5. The monoisotopic (exact) mass is 370 g/mol. The molecule has 0 amide bonds. The number of benzene rings is 1. The summed E-state index contributed by atoms with van der Waals surface area (Å²) in [5, 5.41) is 3.71. The molecule has 0 aliphatic carbocycles. The highest BCUT2D eigenvalue weighted by molar-refractivity contribution is 7.92. The third-order valence-corrected chi connectivity index (χ3v) is 4.44. The van der Waals surface area contributed by atoms with Crippen molar-refractivity contribution < 1.29 is 8.42 Å². The number of hydrogen-bond donors (Lipinski definition) is 1. The molecule has 0 aliphatic rings. The molecule has 8 nitrogen and oxygen atoms in total. The van der Waals surface area contributed by atoms with Gasteiger partial charge in [-0.2, -0.15) is 13.1 Å². The van der Waals surface area contributed by atoms with Crippen LogP contribution in [0.2, 0.25) is 10.0 Å². The number of halogens is 2. The molecule has 0 fully saturated rings. The van der Waals surface area contributed by atoms with E-state index in [0.717, 1.165) is 4.68 Å². The van der Waals surface area contributed by atoms with Crippen molar-refractivity contribution in [2.45, 2.75) is 5.16 Å². The largest absolute Gasteiger partial charge is 0.299 e. The van der Waals surface area contributed by atoms with Crippen LogP contribution < -0.4 is 4.72 Å². The number of anilines is 1. The van der Waals surface area contributed by atoms with Crippen LogP contribution in [0.1, 0.15) is 0 Å². The van der Waals surface area contributed by atoms with E-state index in [-0.39, 0.29) is 21.7 Å². The van der Waals surface area contributed by atoms with Crippen molar-refractivity contribution >= 4 is 38.9 Å². The SMILES string of the molecule is O=S(=O)(Nc1c(Cl)cccc1Cl)c1ncn(-c2ncccn2)n1. The summed E-state index contributed by atoms with van der Waals surface area (Å²) in [5.74, 6) is 0.192. The van der Waals surface area contributed by atoms with Gasteiger partial charge in [-0.3, -0.25) is 4.72 Å². The minimum atomic E-state index is -4.06. The maximum atomic E-state index is 12.3. The van der Waals surface area contributed by atoms with Crippen LogP contribution in [-0.2, 0) is 10.0 Å². The Hall–Kier alpha value is -2.23. The van der Waals surface area contributed by atoms with Gasteiger partial charge in [0.25, 0.3) is 21.1 Å². The van der Waals surface area contributed by atoms with Crippen molar-refractivity contribution in [3.05, 3.63) is 53.0 Å². The number of rotatable bonds is 4. The molecular formula is C12H8Cl2N6O2S. The van der Waals surface area contributed by atoms with Crippen molar-refractivity contribution in [3.63, 3.8) is 0 Å². The molecule has 11 heteroatoms. The fraction of sp³-hybridized carbons (Fsp3) is 0. The van der Waals surface area contributed by atoms with E-state index in [2.05, 4.69) is 24.8 Å². The number of aromatic nitrogens is 5. The van der Waals surface area contributed by atoms with Crippen LogP contribution >= 0.6 is 23.2 Å². The molecule has 0 radical (unpaired) electrons. The van der Waals surface area contributed by atoms with Gasteiger partial charge in [-0.25, -0.2) is 15.0 Å². The first-order valence-electron chi connectivity index (χ1n) is 6.13. The third kappa shape index (κ3) is 3.26. The van der Waals surface area contributed by atoms with E-state index in [1.54, 1.807) is 12.1 Å². The second-order valence-corrected chi connectivity index (χ2v) is 6.61. The van der Waals surface area contributed by atoms with Crippen molar-refractivity contribution in [2.24, 2.45) is 0 Å². The van der Waals surface area contributed by atoms with Crippen molar-refractivity contribution in [1.82, 2.24) is 24.7 Å². The van der Waals surface area contributed by atoms with Gasteiger partial charge in [0.05, 0.1) is 15.7 Å². The number of nitrogens with one attached hydrogen (secondary N) is 1. The smallest absolute Gasteiger partial charge is 0.274 e. The van der Waals surface area contributed by atoms with Gasteiger partial charge in [-0.05, 0) is 18.2 Å². The molecule has 2 aromatic heterocycles. The highest BCUT2D eigenvalue weighted by Crippen LogP contribution is 2.31. The van der Waals surface area contributed by atoms with Crippen LogP contribution in [0, 0.1) is 0 Å². The van der Waals surface area contributed by atoms with E-state index in [1.807, 2.05) is 0 Å². The second kappa shape index (κ2) is 6.11. The van der Waals surface area contributed by atoms with Crippen LogP contribution in [0.15, 0.2) is 48.1 Å². The van der Waals surface area contributed by atoms with Gasteiger partial charge in [-0.1, -0.05) is 29.3 Å². The Morgan fingerprint density at radius 3 is 2.30 bits per heavy atom. The highest BCUT2D eigenvalue weighted by Gasteiger charge is 2.22. The normalized spacial score (nSPS) is 11.4. The predicted molar refractivity (Wildman–Crippen MR) is 84.2 cm³/mol. The maximum Gasteiger partial charge on any atom is 0.299 e. The van der Waals surface area contributed by atoms with E-state index in [9.17, 15) is 8.42 Å². The number of para-hydroxylation sites is 1. The van der Waals surface area contributed by atoms with E-state index < -0.39 is 15.2 Å². The first kappa shape index (κ1) is 15.7. The minimum Gasteiger partial charge on any atom is -0.274 e. The zero-order valence-electron chi connectivity index (χ0n) is 11.3. The molecule has 3 aromatic rings. The van der Waals surface area contributed by atoms with Crippen LogP contribution in [0.5, 0.6) is 0 Å². The Labute approximate surface area is 141 Å². The second-order valence-electron chi connectivity index (χ2n) is 4.22. The minimum absolute atomic E-state index is 0.0585. The summed E-state index contributed by atoms with van der Waals surface area (Å²) in [5.41, 5.74) is 0.0585. The molecule has 0 atom stereocenters.